The van der Waals surface area contributed by atoms with Crippen LogP contribution < -0.4 is 4.74 Å². The maximum absolute atomic E-state index is 10.6. The molecule has 0 bridgehead atoms. The summed E-state index contributed by atoms with van der Waals surface area (Å²) in [5.74, 6) is 6.09. The summed E-state index contributed by atoms with van der Waals surface area (Å²) >= 11 is 0. The van der Waals surface area contributed by atoms with Gasteiger partial charge in [-0.2, -0.15) is 0 Å². The molecule has 0 amide bonds. The van der Waals surface area contributed by atoms with Crippen molar-refractivity contribution in [1.29, 1.82) is 0 Å². The number of ether oxygens (including phenoxy) is 2. The summed E-state index contributed by atoms with van der Waals surface area (Å²) in [6.45, 7) is 0.646. The van der Waals surface area contributed by atoms with Crippen LogP contribution in [-0.4, -0.2) is 26.6 Å². The molecule has 0 saturated heterocycles. The van der Waals surface area contributed by atoms with Crippen LogP contribution in [0, 0.1) is 11.8 Å². The van der Waals surface area contributed by atoms with Crippen molar-refractivity contribution in [2.45, 2.75) is 0 Å². The smallest absolute Gasteiger partial charge is 0.153 e. The number of carbonyl (C=O) groups excluding carboxylic acids is 1. The minimum absolute atomic E-state index is 0.258. The molecule has 0 aliphatic rings. The molecule has 0 radical (unpaired) electrons. The molecule has 0 aromatic heterocycles. The fraction of sp³-hybridized carbons (Fsp3) is 0.250. The average molecular weight is 204 g/mol. The van der Waals surface area contributed by atoms with Gasteiger partial charge in [0.2, 0.25) is 0 Å². The second-order valence-electron chi connectivity index (χ2n) is 2.73. The molecule has 0 spiro atoms. The number of para-hydroxylation sites is 1. The number of rotatable bonds is 4. The van der Waals surface area contributed by atoms with E-state index in [0.29, 0.717) is 17.9 Å². The minimum Gasteiger partial charge on any atom is -0.480 e. The van der Waals surface area contributed by atoms with Crippen LogP contribution in [0.15, 0.2) is 24.3 Å². The lowest BCUT2D eigenvalue weighted by Crippen LogP contribution is -1.97. The molecular formula is C12H12O3. The fourth-order valence-corrected chi connectivity index (χ4v) is 0.997. The minimum atomic E-state index is 0.258. The molecule has 0 atom stereocenters. The average Bonchev–Trinajstić information content (AvgIpc) is 2.29. The SMILES string of the molecule is COCC#CCOc1ccccc1C=O. The van der Waals surface area contributed by atoms with Crippen molar-refractivity contribution in [1.82, 2.24) is 0 Å². The molecule has 1 rings (SSSR count). The third-order valence-corrected chi connectivity index (χ3v) is 1.69. The van der Waals surface area contributed by atoms with Crippen LogP contribution in [0.5, 0.6) is 5.75 Å². The number of carbonyl (C=O) groups is 1. The summed E-state index contributed by atoms with van der Waals surface area (Å²) in [5, 5.41) is 0. The van der Waals surface area contributed by atoms with Crippen molar-refractivity contribution < 1.29 is 14.3 Å². The number of methoxy groups -OCH3 is 1. The van der Waals surface area contributed by atoms with Crippen molar-refractivity contribution in [2.24, 2.45) is 0 Å². The largest absolute Gasteiger partial charge is 0.480 e. The van der Waals surface area contributed by atoms with Crippen LogP contribution in [0.3, 0.4) is 0 Å². The lowest BCUT2D eigenvalue weighted by Gasteiger charge is -2.03. The zero-order valence-corrected chi connectivity index (χ0v) is 8.53. The summed E-state index contributed by atoms with van der Waals surface area (Å²) in [7, 11) is 1.58. The van der Waals surface area contributed by atoms with E-state index in [-0.39, 0.29) is 6.61 Å². The molecule has 0 heterocycles. The molecule has 15 heavy (non-hydrogen) atoms. The Kier molecular flexibility index (Phi) is 4.99. The number of hydrogen-bond acceptors (Lipinski definition) is 3. The van der Waals surface area contributed by atoms with Gasteiger partial charge in [0.1, 0.15) is 19.0 Å². The Hall–Kier alpha value is -1.79. The molecule has 1 aromatic rings. The summed E-state index contributed by atoms with van der Waals surface area (Å²) in [5.41, 5.74) is 0.533. The van der Waals surface area contributed by atoms with Gasteiger partial charge in [0.25, 0.3) is 0 Å². The maximum atomic E-state index is 10.6. The third-order valence-electron chi connectivity index (χ3n) is 1.69. The van der Waals surface area contributed by atoms with Gasteiger partial charge in [0.05, 0.1) is 5.56 Å². The van der Waals surface area contributed by atoms with Crippen molar-refractivity contribution in [2.75, 3.05) is 20.3 Å². The van der Waals surface area contributed by atoms with E-state index in [1.165, 1.54) is 0 Å². The lowest BCUT2D eigenvalue weighted by molar-refractivity contribution is 0.112. The zero-order valence-electron chi connectivity index (χ0n) is 8.53. The third kappa shape index (κ3) is 3.84. The molecule has 0 aliphatic carbocycles. The second kappa shape index (κ2) is 6.63. The highest BCUT2D eigenvalue weighted by molar-refractivity contribution is 5.79. The molecule has 1 aromatic carbocycles. The van der Waals surface area contributed by atoms with Gasteiger partial charge in [-0.1, -0.05) is 24.0 Å². The summed E-state index contributed by atoms with van der Waals surface area (Å²) in [4.78, 5) is 10.6. The van der Waals surface area contributed by atoms with Crippen LogP contribution in [0.2, 0.25) is 0 Å². The molecule has 0 aliphatic heterocycles. The van der Waals surface area contributed by atoms with Crippen LogP contribution in [0.25, 0.3) is 0 Å². The first-order valence-corrected chi connectivity index (χ1v) is 4.50. The Bertz CT molecular complexity index is 374. The second-order valence-corrected chi connectivity index (χ2v) is 2.73. The Balaban J connectivity index is 2.51. The Morgan fingerprint density at radius 2 is 2.00 bits per heavy atom. The van der Waals surface area contributed by atoms with Gasteiger partial charge in [0, 0.05) is 7.11 Å². The zero-order chi connectivity index (χ0) is 10.9. The standard InChI is InChI=1S/C12H12O3/c1-14-8-4-5-9-15-12-7-3-2-6-11(12)10-13/h2-3,6-7,10H,8-9H2,1H3. The van der Waals surface area contributed by atoms with Gasteiger partial charge in [-0.15, -0.1) is 0 Å². The van der Waals surface area contributed by atoms with Crippen LogP contribution in [-0.2, 0) is 4.74 Å². The van der Waals surface area contributed by atoms with Crippen LogP contribution in [0.1, 0.15) is 10.4 Å². The quantitative estimate of drug-likeness (QED) is 0.551. The molecule has 0 saturated carbocycles. The molecule has 3 heteroatoms. The Labute approximate surface area is 89.0 Å². The van der Waals surface area contributed by atoms with E-state index in [1.54, 1.807) is 25.3 Å². The van der Waals surface area contributed by atoms with E-state index in [4.69, 9.17) is 9.47 Å². The number of benzene rings is 1. The van der Waals surface area contributed by atoms with Gasteiger partial charge >= 0.3 is 0 Å². The van der Waals surface area contributed by atoms with E-state index in [0.717, 1.165) is 6.29 Å². The highest BCUT2D eigenvalue weighted by Crippen LogP contribution is 2.14. The van der Waals surface area contributed by atoms with Gasteiger partial charge < -0.3 is 9.47 Å². The van der Waals surface area contributed by atoms with Crippen molar-refractivity contribution in [3.8, 4) is 17.6 Å². The van der Waals surface area contributed by atoms with E-state index < -0.39 is 0 Å². The van der Waals surface area contributed by atoms with Crippen LogP contribution >= 0.6 is 0 Å². The van der Waals surface area contributed by atoms with E-state index in [1.807, 2.05) is 6.07 Å². The predicted octanol–water partition coefficient (Wildman–Crippen LogP) is 1.53. The molecule has 3 nitrogen and oxygen atoms in total. The summed E-state index contributed by atoms with van der Waals surface area (Å²) in [6, 6.07) is 7.03. The first-order chi connectivity index (χ1) is 7.38. The first kappa shape index (κ1) is 11.3. The Morgan fingerprint density at radius 3 is 2.73 bits per heavy atom. The van der Waals surface area contributed by atoms with Crippen molar-refractivity contribution in [3.63, 3.8) is 0 Å². The highest BCUT2D eigenvalue weighted by Gasteiger charge is 1.98. The fourth-order valence-electron chi connectivity index (χ4n) is 0.997. The molecule has 0 fully saturated rings. The summed E-state index contributed by atoms with van der Waals surface area (Å²) in [6.07, 6.45) is 0.762. The predicted molar refractivity (Wildman–Crippen MR) is 57.0 cm³/mol. The number of hydrogen-bond donors (Lipinski definition) is 0. The van der Waals surface area contributed by atoms with Gasteiger partial charge in [0.15, 0.2) is 6.29 Å². The van der Waals surface area contributed by atoms with Gasteiger partial charge in [-0.25, -0.2) is 0 Å². The van der Waals surface area contributed by atoms with E-state index in [2.05, 4.69) is 11.8 Å². The van der Waals surface area contributed by atoms with E-state index >= 15 is 0 Å². The van der Waals surface area contributed by atoms with Gasteiger partial charge in [-0.3, -0.25) is 4.79 Å². The number of aldehydes is 1. The molecule has 78 valence electrons. The first-order valence-electron chi connectivity index (χ1n) is 4.50. The topological polar surface area (TPSA) is 35.5 Å². The normalized spacial score (nSPS) is 8.87. The maximum Gasteiger partial charge on any atom is 0.153 e. The van der Waals surface area contributed by atoms with Gasteiger partial charge in [-0.05, 0) is 12.1 Å². The monoisotopic (exact) mass is 204 g/mol. The van der Waals surface area contributed by atoms with Crippen molar-refractivity contribution >= 4 is 6.29 Å². The Morgan fingerprint density at radius 1 is 1.27 bits per heavy atom. The molecular weight excluding hydrogens is 192 g/mol. The van der Waals surface area contributed by atoms with Crippen molar-refractivity contribution in [3.05, 3.63) is 29.8 Å². The lowest BCUT2D eigenvalue weighted by atomic mass is 10.2. The highest BCUT2D eigenvalue weighted by atomic mass is 16.5. The molecule has 0 N–H and O–H groups in total. The summed E-state index contributed by atoms with van der Waals surface area (Å²) < 4.78 is 10.1. The van der Waals surface area contributed by atoms with Crippen LogP contribution in [0.4, 0.5) is 0 Å². The van der Waals surface area contributed by atoms with E-state index in [9.17, 15) is 4.79 Å². The molecule has 0 unspecified atom stereocenters.